The van der Waals surface area contributed by atoms with Crippen LogP contribution in [0, 0.1) is 22.7 Å². The van der Waals surface area contributed by atoms with E-state index in [1.54, 1.807) is 30.3 Å². The molecule has 7 nitrogen and oxygen atoms in total. The normalized spacial score (nSPS) is 12.5. The van der Waals surface area contributed by atoms with Crippen LogP contribution in [-0.2, 0) is 4.74 Å². The van der Waals surface area contributed by atoms with Gasteiger partial charge in [-0.2, -0.15) is 15.6 Å². The van der Waals surface area contributed by atoms with Crippen LogP contribution in [0.3, 0.4) is 0 Å². The molecule has 0 atom stereocenters. The second-order valence-corrected chi connectivity index (χ2v) is 4.47. The summed E-state index contributed by atoms with van der Waals surface area (Å²) in [6.45, 7) is 0. The summed E-state index contributed by atoms with van der Waals surface area (Å²) in [6, 6.07) is 8.66. The lowest BCUT2D eigenvalue weighted by Gasteiger charge is -2.12. The average molecular weight is 283 g/mol. The van der Waals surface area contributed by atoms with E-state index in [0.29, 0.717) is 17.3 Å². The molecular weight excluding hydrogens is 270 g/mol. The molecule has 0 radical (unpaired) electrons. The first-order valence-electron chi connectivity index (χ1n) is 6.30. The highest BCUT2D eigenvalue weighted by atomic mass is 16.5. The third-order valence-corrected chi connectivity index (χ3v) is 2.88. The number of carbonyl (C=O) groups is 1. The van der Waals surface area contributed by atoms with E-state index >= 15 is 0 Å². The van der Waals surface area contributed by atoms with Gasteiger partial charge in [0.15, 0.2) is 0 Å². The molecule has 0 bridgehead atoms. The summed E-state index contributed by atoms with van der Waals surface area (Å²) < 4.78 is 4.66. The van der Waals surface area contributed by atoms with Gasteiger partial charge in [0.2, 0.25) is 5.71 Å². The summed E-state index contributed by atoms with van der Waals surface area (Å²) in [5, 5.41) is 24.3. The van der Waals surface area contributed by atoms with E-state index in [9.17, 15) is 4.79 Å². The van der Waals surface area contributed by atoms with Gasteiger partial charge in [0.25, 0.3) is 0 Å². The molecule has 21 heavy (non-hydrogen) atoms. The third kappa shape index (κ3) is 3.71. The lowest BCUT2D eigenvalue weighted by atomic mass is 10.1. The maximum absolute atomic E-state index is 11.6. The first-order chi connectivity index (χ1) is 10.2. The van der Waals surface area contributed by atoms with Crippen LogP contribution < -0.4 is 10.7 Å². The number of ether oxygens (including phenoxy) is 1. The van der Waals surface area contributed by atoms with Crippen LogP contribution in [0.2, 0.25) is 0 Å². The van der Waals surface area contributed by atoms with Crippen molar-refractivity contribution in [3.05, 3.63) is 23.8 Å². The fourth-order valence-electron chi connectivity index (χ4n) is 1.65. The molecule has 2 rings (SSSR count). The fourth-order valence-corrected chi connectivity index (χ4v) is 1.65. The van der Waals surface area contributed by atoms with Gasteiger partial charge in [0.05, 0.1) is 24.0 Å². The standard InChI is InChI=1S/C14H13N5O2/c1-21-14(20)9-2-5-12(17-10-3-4-10)13(6-9)19-18-11(7-15)8-16/h2,5-6,10,17,19H,3-4H2,1H3. The predicted molar refractivity (Wildman–Crippen MR) is 76.7 cm³/mol. The van der Waals surface area contributed by atoms with Crippen molar-refractivity contribution in [2.75, 3.05) is 17.9 Å². The second-order valence-electron chi connectivity index (χ2n) is 4.47. The van der Waals surface area contributed by atoms with Crippen molar-refractivity contribution >= 4 is 23.1 Å². The van der Waals surface area contributed by atoms with Gasteiger partial charge in [-0.1, -0.05) is 0 Å². The number of rotatable bonds is 5. The van der Waals surface area contributed by atoms with Crippen molar-refractivity contribution in [2.24, 2.45) is 5.10 Å². The van der Waals surface area contributed by atoms with E-state index in [1.165, 1.54) is 7.11 Å². The van der Waals surface area contributed by atoms with Crippen molar-refractivity contribution in [1.82, 2.24) is 0 Å². The van der Waals surface area contributed by atoms with Crippen LogP contribution in [0.1, 0.15) is 23.2 Å². The summed E-state index contributed by atoms with van der Waals surface area (Å²) in [6.07, 6.45) is 2.17. The van der Waals surface area contributed by atoms with Crippen molar-refractivity contribution in [2.45, 2.75) is 18.9 Å². The average Bonchev–Trinajstić information content (AvgIpc) is 3.32. The van der Waals surface area contributed by atoms with Gasteiger partial charge in [-0.3, -0.25) is 5.43 Å². The number of carbonyl (C=O) groups excluding carboxylic acids is 1. The van der Waals surface area contributed by atoms with Gasteiger partial charge in [-0.15, -0.1) is 0 Å². The Morgan fingerprint density at radius 2 is 2.05 bits per heavy atom. The number of nitriles is 2. The summed E-state index contributed by atoms with van der Waals surface area (Å²) in [7, 11) is 1.30. The molecule has 7 heteroatoms. The number of methoxy groups -OCH3 is 1. The quantitative estimate of drug-likeness (QED) is 0.485. The molecule has 1 aromatic carbocycles. The first kappa shape index (κ1) is 14.4. The molecule has 0 unspecified atom stereocenters. The SMILES string of the molecule is COC(=O)c1ccc(NC2CC2)c(NN=C(C#N)C#N)c1. The van der Waals surface area contributed by atoms with Crippen molar-refractivity contribution in [1.29, 1.82) is 10.5 Å². The molecule has 0 spiro atoms. The van der Waals surface area contributed by atoms with Gasteiger partial charge in [-0.05, 0) is 31.0 Å². The van der Waals surface area contributed by atoms with Gasteiger partial charge in [-0.25, -0.2) is 4.79 Å². The first-order valence-corrected chi connectivity index (χ1v) is 6.30. The molecule has 0 aliphatic heterocycles. The van der Waals surface area contributed by atoms with Crippen LogP contribution in [0.4, 0.5) is 11.4 Å². The maximum Gasteiger partial charge on any atom is 0.337 e. The Morgan fingerprint density at radius 3 is 2.62 bits per heavy atom. The summed E-state index contributed by atoms with van der Waals surface area (Å²) in [4.78, 5) is 11.6. The molecule has 1 saturated carbocycles. The van der Waals surface area contributed by atoms with E-state index in [2.05, 4.69) is 20.6 Å². The minimum Gasteiger partial charge on any atom is -0.465 e. The Balaban J connectivity index is 2.29. The third-order valence-electron chi connectivity index (χ3n) is 2.88. The number of esters is 1. The van der Waals surface area contributed by atoms with Crippen LogP contribution >= 0.6 is 0 Å². The summed E-state index contributed by atoms with van der Waals surface area (Å²) in [5.41, 5.74) is 3.96. The lowest BCUT2D eigenvalue weighted by Crippen LogP contribution is -2.08. The Bertz CT molecular complexity index is 649. The van der Waals surface area contributed by atoms with Crippen molar-refractivity contribution < 1.29 is 9.53 Å². The van der Waals surface area contributed by atoms with E-state index in [1.807, 2.05) is 0 Å². The van der Waals surface area contributed by atoms with Gasteiger partial charge in [0.1, 0.15) is 12.1 Å². The number of nitrogens with one attached hydrogen (secondary N) is 2. The maximum atomic E-state index is 11.6. The molecule has 2 N–H and O–H groups in total. The molecule has 1 aliphatic rings. The molecule has 0 amide bonds. The van der Waals surface area contributed by atoms with Gasteiger partial charge < -0.3 is 10.1 Å². The number of hydrazone groups is 1. The number of nitrogens with zero attached hydrogens (tertiary/aromatic N) is 3. The Hall–Kier alpha value is -3.06. The zero-order valence-corrected chi connectivity index (χ0v) is 11.4. The highest BCUT2D eigenvalue weighted by molar-refractivity contribution is 6.10. The van der Waals surface area contributed by atoms with Gasteiger partial charge in [0, 0.05) is 6.04 Å². The minimum atomic E-state index is -0.471. The summed E-state index contributed by atoms with van der Waals surface area (Å²) >= 11 is 0. The van der Waals surface area contributed by atoms with E-state index in [-0.39, 0.29) is 5.71 Å². The molecule has 0 heterocycles. The van der Waals surface area contributed by atoms with Crippen LogP contribution in [-0.4, -0.2) is 24.8 Å². The predicted octanol–water partition coefficient (Wildman–Crippen LogP) is 1.86. The largest absolute Gasteiger partial charge is 0.465 e. The number of hydrogen-bond donors (Lipinski definition) is 2. The smallest absolute Gasteiger partial charge is 0.337 e. The van der Waals surface area contributed by atoms with E-state index in [0.717, 1.165) is 18.5 Å². The van der Waals surface area contributed by atoms with Gasteiger partial charge >= 0.3 is 5.97 Å². The molecule has 0 saturated heterocycles. The van der Waals surface area contributed by atoms with Crippen LogP contribution in [0.25, 0.3) is 0 Å². The van der Waals surface area contributed by atoms with Crippen LogP contribution in [0.15, 0.2) is 23.3 Å². The molecule has 0 aromatic heterocycles. The molecular formula is C14H13N5O2. The molecule has 1 aliphatic carbocycles. The highest BCUT2D eigenvalue weighted by Gasteiger charge is 2.22. The topological polar surface area (TPSA) is 110 Å². The highest BCUT2D eigenvalue weighted by Crippen LogP contribution is 2.30. The molecule has 106 valence electrons. The van der Waals surface area contributed by atoms with E-state index < -0.39 is 5.97 Å². The zero-order chi connectivity index (χ0) is 15.2. The van der Waals surface area contributed by atoms with Crippen molar-refractivity contribution in [3.63, 3.8) is 0 Å². The molecule has 1 fully saturated rings. The van der Waals surface area contributed by atoms with Crippen molar-refractivity contribution in [3.8, 4) is 12.1 Å². The second kappa shape index (κ2) is 6.40. The van der Waals surface area contributed by atoms with Crippen LogP contribution in [0.5, 0.6) is 0 Å². The number of hydrogen-bond acceptors (Lipinski definition) is 7. The Labute approximate surface area is 121 Å². The number of anilines is 2. The Morgan fingerprint density at radius 1 is 1.33 bits per heavy atom. The van der Waals surface area contributed by atoms with E-state index in [4.69, 9.17) is 10.5 Å². The molecule has 1 aromatic rings. The summed E-state index contributed by atoms with van der Waals surface area (Å²) in [5.74, 6) is -0.471. The Kier molecular flexibility index (Phi) is 4.37. The number of benzene rings is 1. The minimum absolute atomic E-state index is 0.296. The monoisotopic (exact) mass is 283 g/mol. The fraction of sp³-hybridized carbons (Fsp3) is 0.286. The zero-order valence-electron chi connectivity index (χ0n) is 11.4. The lowest BCUT2D eigenvalue weighted by molar-refractivity contribution is 0.0601.